The van der Waals surface area contributed by atoms with Crippen LogP contribution in [-0.2, 0) is 13.1 Å². The molecule has 0 aliphatic heterocycles. The average molecular weight is 509 g/mol. The van der Waals surface area contributed by atoms with Crippen LogP contribution < -0.4 is 10.9 Å². The van der Waals surface area contributed by atoms with Gasteiger partial charge in [-0.3, -0.25) is 9.36 Å². The molecule has 35 heavy (non-hydrogen) atoms. The minimum atomic E-state index is -0.498. The lowest BCUT2D eigenvalue weighted by Gasteiger charge is -2.31. The van der Waals surface area contributed by atoms with Crippen molar-refractivity contribution < 1.29 is 4.79 Å². The highest BCUT2D eigenvalue weighted by Gasteiger charge is 2.27. The van der Waals surface area contributed by atoms with Gasteiger partial charge in [0.15, 0.2) is 0 Å². The third-order valence-electron chi connectivity index (χ3n) is 5.81. The number of hydrogen-bond donors (Lipinski definition) is 1. The Morgan fingerprint density at radius 2 is 1.74 bits per heavy atom. The predicted molar refractivity (Wildman–Crippen MR) is 142 cm³/mol. The molecule has 4 aromatic rings. The Bertz CT molecular complexity index is 1410. The Morgan fingerprint density at radius 3 is 2.46 bits per heavy atom. The van der Waals surface area contributed by atoms with Gasteiger partial charge in [0.05, 0.1) is 27.0 Å². The van der Waals surface area contributed by atoms with E-state index in [4.69, 9.17) is 28.2 Å². The number of nitrogens with one attached hydrogen (secondary N) is 1. The van der Waals surface area contributed by atoms with E-state index in [2.05, 4.69) is 5.32 Å². The fraction of sp³-hybridized carbons (Fsp3) is 0.222. The van der Waals surface area contributed by atoms with Crippen LogP contribution in [0, 0.1) is 0 Å². The lowest BCUT2D eigenvalue weighted by molar-refractivity contribution is 0.184. The molecule has 0 aliphatic rings. The Kier molecular flexibility index (Phi) is 7.73. The highest BCUT2D eigenvalue weighted by molar-refractivity contribution is 6.42. The van der Waals surface area contributed by atoms with Gasteiger partial charge in [0.1, 0.15) is 5.82 Å². The summed E-state index contributed by atoms with van der Waals surface area (Å²) >= 11 is 12.2. The normalized spacial score (nSPS) is 11.9. The fourth-order valence-corrected chi connectivity index (χ4v) is 4.32. The van der Waals surface area contributed by atoms with E-state index in [1.807, 2.05) is 62.4 Å². The van der Waals surface area contributed by atoms with Crippen molar-refractivity contribution in [3.05, 3.63) is 105 Å². The lowest BCUT2D eigenvalue weighted by atomic mass is 10.1. The van der Waals surface area contributed by atoms with E-state index in [0.29, 0.717) is 45.5 Å². The lowest BCUT2D eigenvalue weighted by Crippen LogP contribution is -2.39. The first-order chi connectivity index (χ1) is 16.9. The van der Waals surface area contributed by atoms with Gasteiger partial charge in [-0.25, -0.2) is 9.78 Å². The van der Waals surface area contributed by atoms with Gasteiger partial charge in [-0.1, -0.05) is 72.6 Å². The monoisotopic (exact) mass is 508 g/mol. The topological polar surface area (TPSA) is 67.2 Å². The molecule has 1 unspecified atom stereocenters. The van der Waals surface area contributed by atoms with Gasteiger partial charge in [-0.2, -0.15) is 0 Å². The van der Waals surface area contributed by atoms with Crippen LogP contribution in [0.1, 0.15) is 37.7 Å². The van der Waals surface area contributed by atoms with Crippen LogP contribution in [0.4, 0.5) is 10.5 Å². The minimum Gasteiger partial charge on any atom is -0.310 e. The molecular weight excluding hydrogens is 483 g/mol. The zero-order valence-corrected chi connectivity index (χ0v) is 21.1. The van der Waals surface area contributed by atoms with E-state index in [0.717, 1.165) is 12.0 Å². The Morgan fingerprint density at radius 1 is 1.03 bits per heavy atom. The quantitative estimate of drug-likeness (QED) is 0.295. The van der Waals surface area contributed by atoms with E-state index in [9.17, 15) is 9.59 Å². The van der Waals surface area contributed by atoms with Crippen molar-refractivity contribution in [3.63, 3.8) is 0 Å². The van der Waals surface area contributed by atoms with E-state index in [1.165, 1.54) is 0 Å². The molecule has 6 nitrogen and oxygen atoms in total. The number of anilines is 1. The third kappa shape index (κ3) is 5.50. The van der Waals surface area contributed by atoms with Crippen molar-refractivity contribution in [2.75, 3.05) is 5.32 Å². The van der Waals surface area contributed by atoms with Gasteiger partial charge in [0.25, 0.3) is 5.56 Å². The van der Waals surface area contributed by atoms with E-state index >= 15 is 0 Å². The molecule has 1 N–H and O–H groups in total. The van der Waals surface area contributed by atoms with Crippen molar-refractivity contribution in [2.24, 2.45) is 0 Å². The van der Waals surface area contributed by atoms with Crippen LogP contribution in [-0.4, -0.2) is 20.5 Å². The van der Waals surface area contributed by atoms with Crippen molar-refractivity contribution in [3.8, 4) is 0 Å². The summed E-state index contributed by atoms with van der Waals surface area (Å²) in [6.07, 6.45) is 0.758. The predicted octanol–water partition coefficient (Wildman–Crippen LogP) is 6.91. The molecule has 0 aliphatic carbocycles. The molecule has 8 heteroatoms. The number of fused-ring (bicyclic) bond motifs is 1. The maximum absolute atomic E-state index is 13.6. The molecule has 3 aromatic carbocycles. The summed E-state index contributed by atoms with van der Waals surface area (Å²) in [5.74, 6) is 0.538. The molecule has 1 heterocycles. The van der Waals surface area contributed by atoms with Crippen LogP contribution in [0.3, 0.4) is 0 Å². The molecule has 180 valence electrons. The number of urea groups is 1. The molecule has 0 saturated carbocycles. The molecule has 4 rings (SSSR count). The molecule has 2 amide bonds. The zero-order valence-electron chi connectivity index (χ0n) is 19.5. The van der Waals surface area contributed by atoms with Gasteiger partial charge in [0.2, 0.25) is 0 Å². The first kappa shape index (κ1) is 24.8. The van der Waals surface area contributed by atoms with Gasteiger partial charge in [-0.05, 0) is 49.2 Å². The first-order valence-corrected chi connectivity index (χ1v) is 12.2. The molecular formula is C27H26Cl2N4O2. The van der Waals surface area contributed by atoms with E-state index in [-0.39, 0.29) is 11.6 Å². The third-order valence-corrected chi connectivity index (χ3v) is 6.55. The molecule has 1 atom stereocenters. The summed E-state index contributed by atoms with van der Waals surface area (Å²) in [6, 6.07) is 21.1. The number of rotatable bonds is 7. The van der Waals surface area contributed by atoms with Gasteiger partial charge < -0.3 is 10.2 Å². The second kappa shape index (κ2) is 10.9. The number of hydrogen-bond acceptors (Lipinski definition) is 3. The smallest absolute Gasteiger partial charge is 0.310 e. The number of aromatic nitrogens is 2. The van der Waals surface area contributed by atoms with Gasteiger partial charge in [0, 0.05) is 18.8 Å². The number of benzene rings is 3. The molecule has 0 spiro atoms. The molecule has 0 radical (unpaired) electrons. The second-order valence-corrected chi connectivity index (χ2v) is 9.11. The number of carbonyl (C=O) groups is 1. The summed E-state index contributed by atoms with van der Waals surface area (Å²) in [7, 11) is 0. The van der Waals surface area contributed by atoms with Crippen molar-refractivity contribution in [1.82, 2.24) is 14.5 Å². The second-order valence-electron chi connectivity index (χ2n) is 8.29. The minimum absolute atomic E-state index is 0.108. The molecule has 0 fully saturated rings. The zero-order chi connectivity index (χ0) is 24.9. The molecule has 0 saturated heterocycles. The van der Waals surface area contributed by atoms with Gasteiger partial charge in [-0.15, -0.1) is 0 Å². The van der Waals surface area contributed by atoms with E-state index in [1.54, 1.807) is 33.7 Å². The van der Waals surface area contributed by atoms with Crippen molar-refractivity contribution in [1.29, 1.82) is 0 Å². The van der Waals surface area contributed by atoms with Crippen molar-refractivity contribution in [2.45, 2.75) is 39.4 Å². The molecule has 0 bridgehead atoms. The van der Waals surface area contributed by atoms with Crippen LogP contribution in [0.15, 0.2) is 77.6 Å². The van der Waals surface area contributed by atoms with Crippen LogP contribution in [0.5, 0.6) is 0 Å². The van der Waals surface area contributed by atoms with Crippen molar-refractivity contribution >= 4 is 45.8 Å². The highest BCUT2D eigenvalue weighted by Crippen LogP contribution is 2.27. The maximum atomic E-state index is 13.6. The summed E-state index contributed by atoms with van der Waals surface area (Å²) < 4.78 is 1.68. The van der Waals surface area contributed by atoms with Crippen LogP contribution >= 0.6 is 23.2 Å². The maximum Gasteiger partial charge on any atom is 0.322 e. The summed E-state index contributed by atoms with van der Waals surface area (Å²) in [6.45, 7) is 4.72. The highest BCUT2D eigenvalue weighted by atomic mass is 35.5. The Labute approximate surface area is 214 Å². The number of amides is 2. The molecule has 1 aromatic heterocycles. The summed E-state index contributed by atoms with van der Waals surface area (Å²) in [4.78, 5) is 33.4. The average Bonchev–Trinajstić information content (AvgIpc) is 2.86. The standard InChI is InChI=1S/C27H26Cl2N4O2/c1-3-15-32-25(31-24-12-8-7-11-21(24)26(32)34)18(2)33(17-19-9-5-4-6-10-19)27(35)30-20-13-14-22(28)23(29)16-20/h4-14,16,18H,3,15,17H2,1-2H3,(H,30,35). The van der Waals surface area contributed by atoms with Crippen LogP contribution in [0.25, 0.3) is 10.9 Å². The number of para-hydroxylation sites is 1. The largest absolute Gasteiger partial charge is 0.322 e. The SMILES string of the molecule is CCCn1c(C(C)N(Cc2ccccc2)C(=O)Nc2ccc(Cl)c(Cl)c2)nc2ccccc2c1=O. The number of halogens is 2. The Hall–Kier alpha value is -3.35. The number of carbonyl (C=O) groups excluding carboxylic acids is 1. The van der Waals surface area contributed by atoms with Gasteiger partial charge >= 0.3 is 6.03 Å². The Balaban J connectivity index is 1.77. The summed E-state index contributed by atoms with van der Waals surface area (Å²) in [5.41, 5.74) is 1.97. The first-order valence-electron chi connectivity index (χ1n) is 11.4. The van der Waals surface area contributed by atoms with E-state index < -0.39 is 6.04 Å². The fourth-order valence-electron chi connectivity index (χ4n) is 4.02. The number of nitrogens with zero attached hydrogens (tertiary/aromatic N) is 3. The van der Waals surface area contributed by atoms with Crippen LogP contribution in [0.2, 0.25) is 10.0 Å². The summed E-state index contributed by atoms with van der Waals surface area (Å²) in [5, 5.41) is 4.23.